The average molecular weight is 441 g/mol. The van der Waals surface area contributed by atoms with Crippen molar-refractivity contribution >= 4 is 68.8 Å². The summed E-state index contributed by atoms with van der Waals surface area (Å²) in [6.07, 6.45) is 1.81. The van der Waals surface area contributed by atoms with Crippen molar-refractivity contribution in [1.29, 1.82) is 0 Å². The number of nitrogens with one attached hydrogen (secondary N) is 1. The lowest BCUT2D eigenvalue weighted by Crippen LogP contribution is -2.19. The van der Waals surface area contributed by atoms with E-state index in [1.807, 2.05) is 48.5 Å². The van der Waals surface area contributed by atoms with Gasteiger partial charge in [0.05, 0.1) is 10.6 Å². The largest absolute Gasteiger partial charge is 0.300 e. The number of rotatable bonds is 2. The van der Waals surface area contributed by atoms with Crippen molar-refractivity contribution in [3.63, 3.8) is 0 Å². The number of hydrogen-bond acceptors (Lipinski definition) is 3. The normalized spacial score (nSPS) is 18.0. The number of thioether (sulfide) groups is 1. The number of hydrogen-bond donors (Lipinski definition) is 1. The molecule has 0 aliphatic carbocycles. The van der Waals surface area contributed by atoms with E-state index in [0.29, 0.717) is 15.1 Å². The molecule has 1 aliphatic rings. The average Bonchev–Trinajstić information content (AvgIpc) is 2.81. The number of nitrogens with zero attached hydrogens (tertiary/aromatic N) is 1. The molecular weight excluding hydrogens is 431 g/mol. The molecule has 2 aromatic carbocycles. The van der Waals surface area contributed by atoms with E-state index in [0.717, 1.165) is 14.8 Å². The minimum absolute atomic E-state index is 0.144. The molecule has 0 unspecified atom stereocenters. The van der Waals surface area contributed by atoms with Crippen molar-refractivity contribution in [2.45, 2.75) is 0 Å². The van der Waals surface area contributed by atoms with Gasteiger partial charge in [-0.1, -0.05) is 23.7 Å². The van der Waals surface area contributed by atoms with Crippen LogP contribution in [0.1, 0.15) is 5.56 Å². The van der Waals surface area contributed by atoms with Crippen LogP contribution in [0.3, 0.4) is 0 Å². The lowest BCUT2D eigenvalue weighted by molar-refractivity contribution is -0.115. The highest BCUT2D eigenvalue weighted by Crippen LogP contribution is 2.28. The van der Waals surface area contributed by atoms with Crippen molar-refractivity contribution in [3.8, 4) is 0 Å². The summed E-state index contributed by atoms with van der Waals surface area (Å²) in [5, 5.41) is 4.00. The molecule has 0 aromatic heterocycles. The highest BCUT2D eigenvalue weighted by atomic mass is 127. The van der Waals surface area contributed by atoms with Gasteiger partial charge in [-0.25, -0.2) is 4.99 Å². The van der Waals surface area contributed by atoms with Gasteiger partial charge in [0, 0.05) is 8.59 Å². The number of benzene rings is 2. The molecular formula is C16H10ClIN2OS. The van der Waals surface area contributed by atoms with Crippen LogP contribution in [0.2, 0.25) is 5.02 Å². The maximum Gasteiger partial charge on any atom is 0.264 e. The zero-order chi connectivity index (χ0) is 15.5. The molecule has 0 atom stereocenters. The van der Waals surface area contributed by atoms with Gasteiger partial charge in [0.15, 0.2) is 5.17 Å². The number of amidine groups is 1. The summed E-state index contributed by atoms with van der Waals surface area (Å²) in [6.45, 7) is 0. The number of carbonyl (C=O) groups excluding carboxylic acids is 1. The molecule has 2 aromatic rings. The first-order chi connectivity index (χ1) is 10.6. The van der Waals surface area contributed by atoms with Crippen molar-refractivity contribution in [1.82, 2.24) is 5.32 Å². The van der Waals surface area contributed by atoms with E-state index in [4.69, 9.17) is 11.6 Å². The Balaban J connectivity index is 1.82. The summed E-state index contributed by atoms with van der Waals surface area (Å²) in [4.78, 5) is 17.0. The first-order valence-electron chi connectivity index (χ1n) is 6.41. The summed E-state index contributed by atoms with van der Waals surface area (Å²) < 4.78 is 1.14. The minimum Gasteiger partial charge on any atom is -0.300 e. The van der Waals surface area contributed by atoms with Crippen LogP contribution in [0.4, 0.5) is 5.69 Å². The topological polar surface area (TPSA) is 41.5 Å². The summed E-state index contributed by atoms with van der Waals surface area (Å²) in [5.41, 5.74) is 1.70. The fraction of sp³-hybridized carbons (Fsp3) is 0. The first kappa shape index (κ1) is 15.6. The second-order valence-corrected chi connectivity index (χ2v) is 7.23. The molecule has 3 rings (SSSR count). The highest BCUT2D eigenvalue weighted by molar-refractivity contribution is 14.1. The fourth-order valence-electron chi connectivity index (χ4n) is 1.86. The standard InChI is InChI=1S/C16H10ClIN2OS/c17-11-3-1-2-10(8-11)9-14-15(21)20-16(22-14)19-13-6-4-12(18)5-7-13/h1-9H,(H,19,20,21)/b14-9+. The van der Waals surface area contributed by atoms with E-state index in [9.17, 15) is 4.79 Å². The Kier molecular flexibility index (Phi) is 4.85. The Hall–Kier alpha value is -1.31. The van der Waals surface area contributed by atoms with E-state index in [2.05, 4.69) is 32.9 Å². The van der Waals surface area contributed by atoms with Crippen molar-refractivity contribution in [3.05, 3.63) is 67.6 Å². The lowest BCUT2D eigenvalue weighted by Gasteiger charge is -1.96. The van der Waals surface area contributed by atoms with E-state index >= 15 is 0 Å². The van der Waals surface area contributed by atoms with Gasteiger partial charge in [-0.05, 0) is 82.4 Å². The van der Waals surface area contributed by atoms with Crippen LogP contribution in [0.15, 0.2) is 58.4 Å². The quantitative estimate of drug-likeness (QED) is 0.536. The van der Waals surface area contributed by atoms with Crippen LogP contribution < -0.4 is 5.32 Å². The van der Waals surface area contributed by atoms with Crippen LogP contribution >= 0.6 is 46.0 Å². The zero-order valence-electron chi connectivity index (χ0n) is 11.2. The Morgan fingerprint density at radius 3 is 2.68 bits per heavy atom. The van der Waals surface area contributed by atoms with E-state index in [1.54, 1.807) is 6.07 Å². The molecule has 22 heavy (non-hydrogen) atoms. The molecule has 1 fully saturated rings. The highest BCUT2D eigenvalue weighted by Gasteiger charge is 2.23. The zero-order valence-corrected chi connectivity index (χ0v) is 14.9. The minimum atomic E-state index is -0.144. The fourth-order valence-corrected chi connectivity index (χ4v) is 3.26. The number of carbonyl (C=O) groups is 1. The van der Waals surface area contributed by atoms with Crippen molar-refractivity contribution in [2.75, 3.05) is 0 Å². The first-order valence-corrected chi connectivity index (χ1v) is 8.68. The molecule has 1 N–H and O–H groups in total. The Morgan fingerprint density at radius 2 is 1.95 bits per heavy atom. The Morgan fingerprint density at radius 1 is 1.18 bits per heavy atom. The van der Waals surface area contributed by atoms with Gasteiger partial charge < -0.3 is 5.32 Å². The maximum atomic E-state index is 12.0. The van der Waals surface area contributed by atoms with Crippen LogP contribution in [0.5, 0.6) is 0 Å². The van der Waals surface area contributed by atoms with Crippen LogP contribution in [0, 0.1) is 3.57 Å². The molecule has 1 saturated heterocycles. The number of amides is 1. The molecule has 1 aliphatic heterocycles. The summed E-state index contributed by atoms with van der Waals surface area (Å²) in [5.74, 6) is -0.144. The van der Waals surface area contributed by atoms with Crippen LogP contribution in [0.25, 0.3) is 6.08 Å². The third kappa shape index (κ3) is 3.91. The maximum absolute atomic E-state index is 12.0. The van der Waals surface area contributed by atoms with E-state index in [1.165, 1.54) is 11.8 Å². The van der Waals surface area contributed by atoms with Gasteiger partial charge in [0.25, 0.3) is 5.91 Å². The lowest BCUT2D eigenvalue weighted by atomic mass is 10.2. The van der Waals surface area contributed by atoms with Gasteiger partial charge in [-0.2, -0.15) is 0 Å². The van der Waals surface area contributed by atoms with Crippen LogP contribution in [-0.2, 0) is 4.79 Å². The molecule has 0 bridgehead atoms. The van der Waals surface area contributed by atoms with Gasteiger partial charge in [-0.15, -0.1) is 0 Å². The summed E-state index contributed by atoms with van der Waals surface area (Å²) in [6, 6.07) is 15.2. The Labute approximate surface area is 151 Å². The van der Waals surface area contributed by atoms with Crippen molar-refractivity contribution in [2.24, 2.45) is 4.99 Å². The molecule has 0 spiro atoms. The Bertz CT molecular complexity index is 787. The third-order valence-corrected chi connectivity index (χ3v) is 4.72. The molecule has 0 saturated carbocycles. The van der Waals surface area contributed by atoms with Gasteiger partial charge >= 0.3 is 0 Å². The van der Waals surface area contributed by atoms with Crippen LogP contribution in [-0.4, -0.2) is 11.1 Å². The summed E-state index contributed by atoms with van der Waals surface area (Å²) >= 11 is 9.52. The molecule has 3 nitrogen and oxygen atoms in total. The molecule has 6 heteroatoms. The predicted molar refractivity (Wildman–Crippen MR) is 101 cm³/mol. The van der Waals surface area contributed by atoms with E-state index < -0.39 is 0 Å². The smallest absolute Gasteiger partial charge is 0.264 e. The molecule has 0 radical (unpaired) electrons. The number of halogens is 2. The SMILES string of the molecule is O=C1NC(=Nc2ccc(I)cc2)S/C1=C/c1cccc(Cl)c1. The number of aliphatic imine (C=N–C) groups is 1. The predicted octanol–water partition coefficient (Wildman–Crippen LogP) is 4.84. The van der Waals surface area contributed by atoms with Gasteiger partial charge in [-0.3, -0.25) is 4.79 Å². The van der Waals surface area contributed by atoms with Crippen molar-refractivity contribution < 1.29 is 4.79 Å². The summed E-state index contributed by atoms with van der Waals surface area (Å²) in [7, 11) is 0. The molecule has 110 valence electrons. The monoisotopic (exact) mass is 440 g/mol. The van der Waals surface area contributed by atoms with Gasteiger partial charge in [0.2, 0.25) is 0 Å². The van der Waals surface area contributed by atoms with E-state index in [-0.39, 0.29) is 5.91 Å². The third-order valence-electron chi connectivity index (χ3n) is 2.85. The molecule has 1 amide bonds. The second kappa shape index (κ2) is 6.85. The van der Waals surface area contributed by atoms with Gasteiger partial charge in [0.1, 0.15) is 0 Å². The molecule has 1 heterocycles. The second-order valence-electron chi connectivity index (χ2n) is 4.51.